The van der Waals surface area contributed by atoms with Crippen LogP contribution < -0.4 is 0 Å². The summed E-state index contributed by atoms with van der Waals surface area (Å²) in [5.41, 5.74) is -1.07. The number of aliphatic hydroxyl groups is 1. The molecule has 6 rings (SSSR count). The molecule has 1 amide bonds. The van der Waals surface area contributed by atoms with Crippen LogP contribution in [0.15, 0.2) is 35.2 Å². The van der Waals surface area contributed by atoms with Crippen molar-refractivity contribution in [2.45, 2.75) is 49.0 Å². The molecule has 5 aliphatic rings. The van der Waals surface area contributed by atoms with Crippen LogP contribution in [-0.2, 0) is 14.8 Å². The molecular formula is C21H28N2O4S. The maximum absolute atomic E-state index is 13.5. The van der Waals surface area contributed by atoms with Gasteiger partial charge in [0, 0.05) is 26.2 Å². The smallest absolute Gasteiger partial charge is 0.243 e. The Morgan fingerprint density at radius 3 is 2.14 bits per heavy atom. The molecule has 6 nitrogen and oxygen atoms in total. The standard InChI is InChI=1S/C21H28N2O4S/c24-19(20-11-16-10-17(12-20)14-21(25,13-16)15-20)22-6-8-23(9-7-22)28(26,27)18-4-2-1-3-5-18/h1-5,16-17,25H,6-15H2/t16-,17+,20?,21?. The second-order valence-corrected chi connectivity index (χ2v) is 11.4. The van der Waals surface area contributed by atoms with Gasteiger partial charge in [-0.25, -0.2) is 8.42 Å². The first-order valence-corrected chi connectivity index (χ1v) is 11.8. The molecule has 1 saturated heterocycles. The largest absolute Gasteiger partial charge is 0.390 e. The fourth-order valence-corrected chi connectivity index (χ4v) is 8.12. The number of amides is 1. The van der Waals surface area contributed by atoms with E-state index in [0.717, 1.165) is 32.1 Å². The van der Waals surface area contributed by atoms with E-state index in [1.165, 1.54) is 4.31 Å². The highest BCUT2D eigenvalue weighted by molar-refractivity contribution is 7.89. The zero-order chi connectivity index (χ0) is 19.6. The molecule has 2 unspecified atom stereocenters. The maximum Gasteiger partial charge on any atom is 0.243 e. The van der Waals surface area contributed by atoms with Gasteiger partial charge in [0.15, 0.2) is 0 Å². The van der Waals surface area contributed by atoms with E-state index < -0.39 is 21.0 Å². The van der Waals surface area contributed by atoms with Crippen molar-refractivity contribution >= 4 is 15.9 Å². The molecule has 28 heavy (non-hydrogen) atoms. The zero-order valence-corrected chi connectivity index (χ0v) is 16.9. The first-order chi connectivity index (χ1) is 13.3. The summed E-state index contributed by atoms with van der Waals surface area (Å²) >= 11 is 0. The molecule has 4 aliphatic carbocycles. The Hall–Kier alpha value is -1.44. The number of carbonyl (C=O) groups excluding carboxylic acids is 1. The van der Waals surface area contributed by atoms with E-state index in [4.69, 9.17) is 0 Å². The van der Waals surface area contributed by atoms with Gasteiger partial charge in [0.25, 0.3) is 0 Å². The average molecular weight is 405 g/mol. The van der Waals surface area contributed by atoms with E-state index in [1.807, 2.05) is 4.90 Å². The lowest BCUT2D eigenvalue weighted by Gasteiger charge is -2.60. The topological polar surface area (TPSA) is 77.9 Å². The number of nitrogens with zero attached hydrogens (tertiary/aromatic N) is 2. The van der Waals surface area contributed by atoms with E-state index in [2.05, 4.69) is 0 Å². The minimum Gasteiger partial charge on any atom is -0.390 e. The van der Waals surface area contributed by atoms with Crippen molar-refractivity contribution < 1.29 is 18.3 Å². The van der Waals surface area contributed by atoms with E-state index in [0.29, 0.717) is 49.3 Å². The Balaban J connectivity index is 1.29. The second kappa shape index (κ2) is 6.28. The normalized spacial score (nSPS) is 38.0. The first kappa shape index (κ1) is 18.6. The Labute approximate surface area is 166 Å². The molecule has 0 spiro atoms. The van der Waals surface area contributed by atoms with E-state index in [9.17, 15) is 18.3 Å². The van der Waals surface area contributed by atoms with Crippen molar-refractivity contribution in [1.82, 2.24) is 9.21 Å². The first-order valence-electron chi connectivity index (χ1n) is 10.4. The van der Waals surface area contributed by atoms with Crippen LogP contribution in [0.5, 0.6) is 0 Å². The lowest BCUT2D eigenvalue weighted by molar-refractivity contribution is -0.186. The van der Waals surface area contributed by atoms with Crippen molar-refractivity contribution in [2.24, 2.45) is 17.3 Å². The number of carbonyl (C=O) groups is 1. The van der Waals surface area contributed by atoms with E-state index in [1.54, 1.807) is 30.3 Å². The van der Waals surface area contributed by atoms with Crippen LogP contribution in [0, 0.1) is 17.3 Å². The Morgan fingerprint density at radius 2 is 1.57 bits per heavy atom. The van der Waals surface area contributed by atoms with Gasteiger partial charge in [-0.1, -0.05) is 18.2 Å². The molecule has 1 aliphatic heterocycles. The van der Waals surface area contributed by atoms with Gasteiger partial charge < -0.3 is 10.0 Å². The van der Waals surface area contributed by atoms with Crippen LogP contribution in [0.4, 0.5) is 0 Å². The Bertz CT molecular complexity index is 863. The van der Waals surface area contributed by atoms with Crippen LogP contribution in [0.3, 0.4) is 0 Å². The predicted octanol–water partition coefficient (Wildman–Crippen LogP) is 1.85. The summed E-state index contributed by atoms with van der Waals surface area (Å²) in [4.78, 5) is 15.6. The van der Waals surface area contributed by atoms with Crippen LogP contribution >= 0.6 is 0 Å². The highest BCUT2D eigenvalue weighted by Gasteiger charge is 2.61. The lowest BCUT2D eigenvalue weighted by Crippen LogP contribution is -2.62. The second-order valence-electron chi connectivity index (χ2n) is 9.48. The van der Waals surface area contributed by atoms with Gasteiger partial charge >= 0.3 is 0 Å². The van der Waals surface area contributed by atoms with Crippen LogP contribution in [0.2, 0.25) is 0 Å². The van der Waals surface area contributed by atoms with Gasteiger partial charge in [0.05, 0.1) is 15.9 Å². The summed E-state index contributed by atoms with van der Waals surface area (Å²) in [5, 5.41) is 10.9. The summed E-state index contributed by atoms with van der Waals surface area (Å²) in [7, 11) is -3.51. The summed E-state index contributed by atoms with van der Waals surface area (Å²) in [6.45, 7) is 1.52. The third kappa shape index (κ3) is 2.90. The molecule has 0 aromatic heterocycles. The average Bonchev–Trinajstić information content (AvgIpc) is 2.66. The van der Waals surface area contributed by atoms with Crippen LogP contribution in [0.1, 0.15) is 38.5 Å². The quantitative estimate of drug-likeness (QED) is 0.834. The number of hydrogen-bond acceptors (Lipinski definition) is 4. The third-order valence-electron chi connectivity index (χ3n) is 7.39. The number of sulfonamides is 1. The Morgan fingerprint density at radius 1 is 0.964 bits per heavy atom. The highest BCUT2D eigenvalue weighted by Crippen LogP contribution is 2.62. The monoisotopic (exact) mass is 404 g/mol. The van der Waals surface area contributed by atoms with Crippen LogP contribution in [0.25, 0.3) is 0 Å². The fraction of sp³-hybridized carbons (Fsp3) is 0.667. The van der Waals surface area contributed by atoms with E-state index >= 15 is 0 Å². The molecule has 4 saturated carbocycles. The van der Waals surface area contributed by atoms with Gasteiger partial charge in [-0.05, 0) is 62.5 Å². The van der Waals surface area contributed by atoms with Crippen molar-refractivity contribution in [3.63, 3.8) is 0 Å². The maximum atomic E-state index is 13.5. The summed E-state index contributed by atoms with van der Waals surface area (Å²) in [6.07, 6.45) is 5.23. The number of hydrogen-bond donors (Lipinski definition) is 1. The van der Waals surface area contributed by atoms with Gasteiger partial charge in [0.1, 0.15) is 0 Å². The molecule has 1 N–H and O–H groups in total. The molecule has 1 heterocycles. The molecule has 7 heteroatoms. The van der Waals surface area contributed by atoms with Crippen molar-refractivity contribution in [2.75, 3.05) is 26.2 Å². The molecule has 5 fully saturated rings. The highest BCUT2D eigenvalue weighted by atomic mass is 32.2. The van der Waals surface area contributed by atoms with Gasteiger partial charge in [-0.3, -0.25) is 4.79 Å². The number of rotatable bonds is 3. The molecule has 4 bridgehead atoms. The minimum absolute atomic E-state index is 0.150. The van der Waals surface area contributed by atoms with Gasteiger partial charge in [-0.15, -0.1) is 0 Å². The SMILES string of the molecule is O=C(N1CCN(S(=O)(=O)c2ccccc2)CC1)C12C[C@@H]3C[C@@H](CC(O)(C3)C1)C2. The van der Waals surface area contributed by atoms with E-state index in [-0.39, 0.29) is 5.91 Å². The molecular weight excluding hydrogens is 376 g/mol. The van der Waals surface area contributed by atoms with Crippen molar-refractivity contribution in [1.29, 1.82) is 0 Å². The van der Waals surface area contributed by atoms with Gasteiger partial charge in [0.2, 0.25) is 15.9 Å². The van der Waals surface area contributed by atoms with Crippen molar-refractivity contribution in [3.8, 4) is 0 Å². The molecule has 1 aromatic rings. The third-order valence-corrected chi connectivity index (χ3v) is 9.30. The summed E-state index contributed by atoms with van der Waals surface area (Å²) < 4.78 is 27.1. The number of piperazine rings is 1. The fourth-order valence-electron chi connectivity index (χ4n) is 6.67. The Kier molecular flexibility index (Phi) is 4.17. The summed E-state index contributed by atoms with van der Waals surface area (Å²) in [5.74, 6) is 1.08. The summed E-state index contributed by atoms with van der Waals surface area (Å²) in [6, 6.07) is 8.48. The zero-order valence-electron chi connectivity index (χ0n) is 16.1. The van der Waals surface area contributed by atoms with Crippen LogP contribution in [-0.4, -0.2) is 60.4 Å². The number of benzene rings is 1. The molecule has 1 aromatic carbocycles. The van der Waals surface area contributed by atoms with Gasteiger partial charge in [-0.2, -0.15) is 4.31 Å². The molecule has 152 valence electrons. The predicted molar refractivity (Wildman–Crippen MR) is 104 cm³/mol. The lowest BCUT2D eigenvalue weighted by atomic mass is 9.47. The minimum atomic E-state index is -3.51. The molecule has 4 atom stereocenters. The van der Waals surface area contributed by atoms with Crippen molar-refractivity contribution in [3.05, 3.63) is 30.3 Å². The molecule has 0 radical (unpaired) electrons.